The minimum absolute atomic E-state index is 0.255. The maximum Gasteiger partial charge on any atom is 0.123 e. The summed E-state index contributed by atoms with van der Waals surface area (Å²) in [5, 5.41) is 0. The normalized spacial score (nSPS) is 10.8. The van der Waals surface area contributed by atoms with Gasteiger partial charge in [0.1, 0.15) is 11.6 Å². The highest BCUT2D eigenvalue weighted by Gasteiger charge is 2.09. The molecule has 20 heavy (non-hydrogen) atoms. The first-order chi connectivity index (χ1) is 9.63. The largest absolute Gasteiger partial charge is 0.354 e. The fraction of sp³-hybridized carbons (Fsp3) is 0. The van der Waals surface area contributed by atoms with Crippen LogP contribution in [0.1, 0.15) is 0 Å². The van der Waals surface area contributed by atoms with Gasteiger partial charge >= 0.3 is 0 Å². The summed E-state index contributed by atoms with van der Waals surface area (Å²) in [5.41, 5.74) is 3.68. The van der Waals surface area contributed by atoms with Crippen molar-refractivity contribution in [3.05, 3.63) is 69.8 Å². The lowest BCUT2D eigenvalue weighted by Crippen LogP contribution is -1.82. The molecule has 3 rings (SSSR count). The molecule has 1 aromatic heterocycles. The lowest BCUT2D eigenvalue weighted by atomic mass is 10.1. The summed E-state index contributed by atoms with van der Waals surface area (Å²) >= 11 is 2.23. The minimum atomic E-state index is -0.256. The Morgan fingerprint density at radius 1 is 0.750 bits per heavy atom. The number of aromatic amines is 1. The lowest BCUT2D eigenvalue weighted by Gasteiger charge is -2.00. The Balaban J connectivity index is 2.02. The van der Waals surface area contributed by atoms with Crippen LogP contribution in [0.5, 0.6) is 0 Å². The van der Waals surface area contributed by atoms with E-state index in [2.05, 4.69) is 27.6 Å². The Hall–Kier alpha value is -1.69. The van der Waals surface area contributed by atoms with Crippen LogP contribution in [0.4, 0.5) is 8.78 Å². The molecule has 3 aromatic rings. The van der Waals surface area contributed by atoms with E-state index in [1.54, 1.807) is 24.3 Å². The number of hydrogen-bond acceptors (Lipinski definition) is 0. The lowest BCUT2D eigenvalue weighted by molar-refractivity contribution is 0.627. The fourth-order valence-electron chi connectivity index (χ4n) is 2.04. The van der Waals surface area contributed by atoms with Crippen LogP contribution in [-0.2, 0) is 0 Å². The third-order valence-corrected chi connectivity index (χ3v) is 3.91. The summed E-state index contributed by atoms with van der Waals surface area (Å²) in [6.45, 7) is 0. The molecule has 1 heterocycles. The summed E-state index contributed by atoms with van der Waals surface area (Å²) in [5.74, 6) is -0.511. The fourth-order valence-corrected chi connectivity index (χ4v) is 2.80. The second-order valence-electron chi connectivity index (χ2n) is 4.42. The standard InChI is InChI=1S/C16H10F2IN/c17-12-5-1-10(2-6-12)15-9-14(19)16(20-15)11-3-7-13(18)8-4-11/h1-9,20H. The van der Waals surface area contributed by atoms with Crippen LogP contribution in [0, 0.1) is 15.2 Å². The van der Waals surface area contributed by atoms with Crippen molar-refractivity contribution in [3.8, 4) is 22.5 Å². The number of aromatic nitrogens is 1. The Labute approximate surface area is 128 Å². The van der Waals surface area contributed by atoms with Crippen LogP contribution in [-0.4, -0.2) is 4.98 Å². The van der Waals surface area contributed by atoms with Gasteiger partial charge in [0.05, 0.1) is 5.69 Å². The van der Waals surface area contributed by atoms with Crippen molar-refractivity contribution in [2.24, 2.45) is 0 Å². The van der Waals surface area contributed by atoms with Gasteiger partial charge in [0, 0.05) is 9.26 Å². The molecule has 1 N–H and O–H groups in total. The van der Waals surface area contributed by atoms with Gasteiger partial charge < -0.3 is 4.98 Å². The molecular formula is C16H10F2IN. The molecule has 0 aliphatic carbocycles. The van der Waals surface area contributed by atoms with E-state index in [9.17, 15) is 8.78 Å². The topological polar surface area (TPSA) is 15.8 Å². The number of rotatable bonds is 2. The Bertz CT molecular complexity index is 730. The van der Waals surface area contributed by atoms with Gasteiger partial charge in [-0.25, -0.2) is 8.78 Å². The van der Waals surface area contributed by atoms with Gasteiger partial charge in [0.25, 0.3) is 0 Å². The summed E-state index contributed by atoms with van der Waals surface area (Å²) in [7, 11) is 0. The van der Waals surface area contributed by atoms with Crippen LogP contribution >= 0.6 is 22.6 Å². The second kappa shape index (κ2) is 5.36. The molecule has 0 unspecified atom stereocenters. The van der Waals surface area contributed by atoms with E-state index in [1.807, 2.05) is 6.07 Å². The Morgan fingerprint density at radius 3 is 1.80 bits per heavy atom. The quantitative estimate of drug-likeness (QED) is 0.585. The molecule has 100 valence electrons. The highest BCUT2D eigenvalue weighted by molar-refractivity contribution is 14.1. The van der Waals surface area contributed by atoms with Gasteiger partial charge in [0.15, 0.2) is 0 Å². The van der Waals surface area contributed by atoms with E-state index < -0.39 is 0 Å². The van der Waals surface area contributed by atoms with Crippen molar-refractivity contribution in [2.45, 2.75) is 0 Å². The third kappa shape index (κ3) is 2.60. The molecule has 0 saturated heterocycles. The zero-order chi connectivity index (χ0) is 14.1. The number of benzene rings is 2. The van der Waals surface area contributed by atoms with Crippen LogP contribution in [0.2, 0.25) is 0 Å². The molecule has 0 aliphatic rings. The van der Waals surface area contributed by atoms with Crippen molar-refractivity contribution in [2.75, 3.05) is 0 Å². The van der Waals surface area contributed by atoms with E-state index in [0.717, 1.165) is 26.1 Å². The monoisotopic (exact) mass is 381 g/mol. The van der Waals surface area contributed by atoms with E-state index >= 15 is 0 Å². The van der Waals surface area contributed by atoms with Crippen molar-refractivity contribution in [1.82, 2.24) is 4.98 Å². The van der Waals surface area contributed by atoms with Crippen LogP contribution in [0.3, 0.4) is 0 Å². The molecule has 0 fully saturated rings. The highest BCUT2D eigenvalue weighted by Crippen LogP contribution is 2.30. The minimum Gasteiger partial charge on any atom is -0.354 e. The zero-order valence-corrected chi connectivity index (χ0v) is 12.5. The first kappa shape index (κ1) is 13.3. The predicted molar refractivity (Wildman–Crippen MR) is 84.3 cm³/mol. The Morgan fingerprint density at radius 2 is 1.25 bits per heavy atom. The van der Waals surface area contributed by atoms with Gasteiger partial charge in [-0.1, -0.05) is 0 Å². The first-order valence-electron chi connectivity index (χ1n) is 6.04. The Kier molecular flexibility index (Phi) is 3.56. The van der Waals surface area contributed by atoms with Crippen LogP contribution in [0.15, 0.2) is 54.6 Å². The number of hydrogen-bond donors (Lipinski definition) is 1. The third-order valence-electron chi connectivity index (χ3n) is 3.06. The maximum atomic E-state index is 13.0. The van der Waals surface area contributed by atoms with Crippen molar-refractivity contribution in [3.63, 3.8) is 0 Å². The van der Waals surface area contributed by atoms with E-state index in [0.29, 0.717) is 0 Å². The molecule has 0 bridgehead atoms. The maximum absolute atomic E-state index is 13.0. The molecule has 0 spiro atoms. The molecule has 0 aliphatic heterocycles. The van der Waals surface area contributed by atoms with E-state index in [4.69, 9.17) is 0 Å². The predicted octanol–water partition coefficient (Wildman–Crippen LogP) is 5.23. The average molecular weight is 381 g/mol. The molecule has 4 heteroatoms. The molecule has 0 atom stereocenters. The van der Waals surface area contributed by atoms with Gasteiger partial charge in [-0.3, -0.25) is 0 Å². The number of H-pyrrole nitrogens is 1. The summed E-state index contributed by atoms with van der Waals surface area (Å²) < 4.78 is 26.9. The average Bonchev–Trinajstić information content (AvgIpc) is 2.82. The van der Waals surface area contributed by atoms with E-state index in [-0.39, 0.29) is 11.6 Å². The molecule has 0 amide bonds. The molecule has 0 saturated carbocycles. The second-order valence-corrected chi connectivity index (χ2v) is 5.58. The SMILES string of the molecule is Fc1ccc(-c2cc(I)c(-c3ccc(F)cc3)[nH]2)cc1. The van der Waals surface area contributed by atoms with Gasteiger partial charge in [0.2, 0.25) is 0 Å². The van der Waals surface area contributed by atoms with Crippen molar-refractivity contribution >= 4 is 22.6 Å². The number of nitrogens with one attached hydrogen (secondary N) is 1. The zero-order valence-electron chi connectivity index (χ0n) is 10.3. The summed E-state index contributed by atoms with van der Waals surface area (Å²) in [6, 6.07) is 14.6. The van der Waals surface area contributed by atoms with Crippen LogP contribution in [0.25, 0.3) is 22.5 Å². The van der Waals surface area contributed by atoms with Crippen LogP contribution < -0.4 is 0 Å². The van der Waals surface area contributed by atoms with Crippen molar-refractivity contribution in [1.29, 1.82) is 0 Å². The van der Waals surface area contributed by atoms with Crippen molar-refractivity contribution < 1.29 is 8.78 Å². The van der Waals surface area contributed by atoms with Gasteiger partial charge in [-0.15, -0.1) is 0 Å². The number of halogens is 3. The molecule has 0 radical (unpaired) electrons. The highest BCUT2D eigenvalue weighted by atomic mass is 127. The summed E-state index contributed by atoms with van der Waals surface area (Å²) in [6.07, 6.45) is 0. The smallest absolute Gasteiger partial charge is 0.123 e. The summed E-state index contributed by atoms with van der Waals surface area (Å²) in [4.78, 5) is 3.30. The molecule has 1 nitrogen and oxygen atoms in total. The molecular weight excluding hydrogens is 371 g/mol. The van der Waals surface area contributed by atoms with Gasteiger partial charge in [-0.2, -0.15) is 0 Å². The van der Waals surface area contributed by atoms with E-state index in [1.165, 1.54) is 24.3 Å². The molecule has 2 aromatic carbocycles. The van der Waals surface area contributed by atoms with Gasteiger partial charge in [-0.05, 0) is 88.3 Å². The first-order valence-corrected chi connectivity index (χ1v) is 7.12.